The first kappa shape index (κ1) is 49.7. The lowest BCUT2D eigenvalue weighted by atomic mass is 9.33. The topological polar surface area (TPSA) is 128 Å². The maximum absolute atomic E-state index is 13.8. The number of allylic oxidation sites excluding steroid dienone is 2. The summed E-state index contributed by atoms with van der Waals surface area (Å²) in [5, 5.41) is 0. The van der Waals surface area contributed by atoms with Crippen molar-refractivity contribution in [2.45, 2.75) is 180 Å². The summed E-state index contributed by atoms with van der Waals surface area (Å²) in [6, 6.07) is 0. The second-order valence-electron chi connectivity index (χ2n) is 22.4. The Morgan fingerprint density at radius 2 is 1.17 bits per heavy atom. The van der Waals surface area contributed by atoms with E-state index in [-0.39, 0.29) is 58.3 Å². The van der Waals surface area contributed by atoms with Crippen LogP contribution in [0, 0.1) is 50.2 Å². The predicted octanol–water partition coefficient (Wildman–Crippen LogP) is 7.55. The summed E-state index contributed by atoms with van der Waals surface area (Å²) in [7, 11) is 13.1. The Labute approximate surface area is 378 Å². The quantitative estimate of drug-likeness (QED) is 0.0969. The molecule has 13 heteroatoms. The van der Waals surface area contributed by atoms with Crippen LogP contribution in [-0.2, 0) is 61.6 Å². The van der Waals surface area contributed by atoms with Gasteiger partial charge in [0.1, 0.15) is 48.8 Å². The minimum atomic E-state index is -0.870. The monoisotopic (exact) mass is 893 g/mol. The first-order valence-electron chi connectivity index (χ1n) is 23.9. The molecule has 0 bridgehead atoms. The van der Waals surface area contributed by atoms with E-state index in [2.05, 4.69) is 54.5 Å². The highest BCUT2D eigenvalue weighted by atomic mass is 16.8. The zero-order valence-electron chi connectivity index (χ0n) is 41.5. The fraction of sp³-hybridized carbons (Fsp3) is 0.940. The molecule has 6 fully saturated rings. The van der Waals surface area contributed by atoms with Crippen molar-refractivity contribution in [1.29, 1.82) is 0 Å². The van der Waals surface area contributed by atoms with Gasteiger partial charge in [-0.2, -0.15) is 0 Å². The number of methoxy groups -OCH3 is 8. The van der Waals surface area contributed by atoms with E-state index < -0.39 is 66.8 Å². The van der Waals surface area contributed by atoms with E-state index in [1.165, 1.54) is 0 Å². The molecule has 7 aliphatic rings. The molecule has 0 unspecified atom stereocenters. The number of carbonyl (C=O) groups is 1. The van der Waals surface area contributed by atoms with Crippen LogP contribution in [-0.4, -0.2) is 144 Å². The van der Waals surface area contributed by atoms with Gasteiger partial charge in [0.15, 0.2) is 12.6 Å². The van der Waals surface area contributed by atoms with Gasteiger partial charge in [0, 0.05) is 49.8 Å². The summed E-state index contributed by atoms with van der Waals surface area (Å²) < 4.78 is 74.5. The van der Waals surface area contributed by atoms with Gasteiger partial charge in [-0.05, 0) is 109 Å². The van der Waals surface area contributed by atoms with Crippen molar-refractivity contribution >= 4 is 5.97 Å². The van der Waals surface area contributed by atoms with Gasteiger partial charge in [-0.1, -0.05) is 60.1 Å². The molecule has 2 saturated heterocycles. The zero-order valence-corrected chi connectivity index (χ0v) is 41.5. The van der Waals surface area contributed by atoms with E-state index in [0.717, 1.165) is 64.2 Å². The molecule has 0 radical (unpaired) electrons. The molecule has 63 heavy (non-hydrogen) atoms. The molecule has 5 aliphatic carbocycles. The number of hydrogen-bond acceptors (Lipinski definition) is 13. The number of ether oxygens (including phenoxy) is 12. The number of esters is 1. The number of hydrogen-bond donors (Lipinski definition) is 0. The van der Waals surface area contributed by atoms with Gasteiger partial charge in [-0.15, -0.1) is 0 Å². The van der Waals surface area contributed by atoms with Crippen LogP contribution in [0.2, 0.25) is 0 Å². The van der Waals surface area contributed by atoms with Gasteiger partial charge in [-0.3, -0.25) is 4.79 Å². The molecule has 2 aliphatic heterocycles. The van der Waals surface area contributed by atoms with Crippen molar-refractivity contribution in [1.82, 2.24) is 0 Å². The molecule has 362 valence electrons. The molecule has 0 aromatic heterocycles. The van der Waals surface area contributed by atoms with Crippen LogP contribution < -0.4 is 0 Å². The van der Waals surface area contributed by atoms with Gasteiger partial charge in [-0.25, -0.2) is 0 Å². The number of rotatable bonds is 14. The summed E-state index contributed by atoms with van der Waals surface area (Å²) >= 11 is 0. The van der Waals surface area contributed by atoms with E-state index in [4.69, 9.17) is 56.8 Å². The van der Waals surface area contributed by atoms with Gasteiger partial charge in [0.05, 0.1) is 31.8 Å². The third-order valence-electron chi connectivity index (χ3n) is 19.0. The molecule has 7 rings (SSSR count). The van der Waals surface area contributed by atoms with E-state index in [1.807, 2.05) is 0 Å². The molecule has 0 spiro atoms. The maximum atomic E-state index is 13.8. The van der Waals surface area contributed by atoms with Crippen molar-refractivity contribution < 1.29 is 61.6 Å². The first-order chi connectivity index (χ1) is 29.8. The van der Waals surface area contributed by atoms with Gasteiger partial charge in [0.25, 0.3) is 0 Å². The summed E-state index contributed by atoms with van der Waals surface area (Å²) in [5.74, 6) is 1.19. The summed E-state index contributed by atoms with van der Waals surface area (Å²) in [6.45, 7) is 17.9. The van der Waals surface area contributed by atoms with Gasteiger partial charge >= 0.3 is 5.97 Å². The molecule has 18 atom stereocenters. The molecule has 0 amide bonds. The predicted molar refractivity (Wildman–Crippen MR) is 236 cm³/mol. The molecule has 2 heterocycles. The Kier molecular flexibility index (Phi) is 14.7. The Morgan fingerprint density at radius 3 is 1.75 bits per heavy atom. The highest BCUT2D eigenvalue weighted by Gasteiger charge is 2.70. The Balaban J connectivity index is 1.12. The largest absolute Gasteiger partial charge is 0.469 e. The van der Waals surface area contributed by atoms with Crippen LogP contribution in [0.4, 0.5) is 0 Å². The van der Waals surface area contributed by atoms with E-state index >= 15 is 0 Å². The average Bonchev–Trinajstić information content (AvgIpc) is 3.24. The smallest absolute Gasteiger partial charge is 0.312 e. The number of fused-ring (bicyclic) bond motifs is 7. The summed E-state index contributed by atoms with van der Waals surface area (Å²) in [6.07, 6.45) is 6.66. The van der Waals surface area contributed by atoms with Crippen LogP contribution in [0.5, 0.6) is 0 Å². The van der Waals surface area contributed by atoms with Crippen LogP contribution in [0.15, 0.2) is 11.6 Å². The molecule has 13 nitrogen and oxygen atoms in total. The van der Waals surface area contributed by atoms with E-state index in [9.17, 15) is 4.79 Å². The van der Waals surface area contributed by atoms with Crippen LogP contribution in [0.25, 0.3) is 0 Å². The van der Waals surface area contributed by atoms with Crippen molar-refractivity contribution in [2.24, 2.45) is 50.2 Å². The average molecular weight is 893 g/mol. The first-order valence-corrected chi connectivity index (χ1v) is 23.9. The second-order valence-corrected chi connectivity index (χ2v) is 22.4. The minimum absolute atomic E-state index is 0.00921. The fourth-order valence-corrected chi connectivity index (χ4v) is 15.4. The van der Waals surface area contributed by atoms with Crippen molar-refractivity contribution in [3.8, 4) is 0 Å². The standard InChI is InChI=1S/C50H84O13/c1-45(2)22-24-50(44(51)59-15)25-23-48(6)29(30(50)26-45)16-17-34-47(5)20-19-35(46(3,4)33(47)18-21-49(34,48)7)62-42-41(58-14)39(56-12)37(32(61-42)28-53-9)63-43-40(57-13)38(55-11)36(54-10)31(60-43)27-52-8/h16,30-43H,17-28H2,1-15H3/t30-,31-,32-,33+,34-,35-,36+,37-,38+,39+,40-,41-,42+,43+,47-,48+,49+,50+/m1/s1. The van der Waals surface area contributed by atoms with Crippen LogP contribution >= 0.6 is 0 Å². The Hall–Kier alpha value is -1.23. The Morgan fingerprint density at radius 1 is 0.619 bits per heavy atom. The summed E-state index contributed by atoms with van der Waals surface area (Å²) in [5.41, 5.74) is 1.42. The van der Waals surface area contributed by atoms with Crippen molar-refractivity contribution in [3.05, 3.63) is 11.6 Å². The molecular weight excluding hydrogens is 809 g/mol. The highest BCUT2D eigenvalue weighted by molar-refractivity contribution is 5.78. The fourth-order valence-electron chi connectivity index (χ4n) is 15.4. The molecular formula is C50H84O13. The van der Waals surface area contributed by atoms with Crippen molar-refractivity contribution in [2.75, 3.05) is 70.1 Å². The lowest BCUT2D eigenvalue weighted by Gasteiger charge is -2.71. The maximum Gasteiger partial charge on any atom is 0.312 e. The Bertz CT molecular complexity index is 1620. The SMILES string of the molecule is COC[C@H]1O[C@@H](O[C@H]2[C@H](OC)[C@@H](OC)[C@H](O[C@@H]3CC[C@@]4(C)[C@H]5CC=C6[C@H]7CC(C)(C)CC[C@]7(C(=O)OC)CC[C@]6(C)[C@@]5(C)CC[C@H]4C3(C)C)O[C@@H]2COC)[C@H](OC)[C@@H](OC)[C@H]1OC. The summed E-state index contributed by atoms with van der Waals surface area (Å²) in [4.78, 5) is 13.8. The zero-order chi connectivity index (χ0) is 45.9. The van der Waals surface area contributed by atoms with E-state index in [0.29, 0.717) is 11.8 Å². The second kappa shape index (κ2) is 18.7. The molecule has 0 aromatic carbocycles. The van der Waals surface area contributed by atoms with E-state index in [1.54, 1.807) is 62.5 Å². The molecule has 0 N–H and O–H groups in total. The normalized spacial score (nSPS) is 47.9. The molecule has 0 aromatic rings. The highest BCUT2D eigenvalue weighted by Crippen LogP contribution is 2.76. The van der Waals surface area contributed by atoms with Gasteiger partial charge in [0.2, 0.25) is 0 Å². The van der Waals surface area contributed by atoms with Crippen LogP contribution in [0.3, 0.4) is 0 Å². The third kappa shape index (κ3) is 8.02. The van der Waals surface area contributed by atoms with Crippen LogP contribution in [0.1, 0.15) is 113 Å². The lowest BCUT2D eigenvalue weighted by Crippen LogP contribution is -2.67. The number of carbonyl (C=O) groups excluding carboxylic acids is 1. The van der Waals surface area contributed by atoms with Crippen molar-refractivity contribution in [3.63, 3.8) is 0 Å². The molecule has 4 saturated carbocycles. The minimum Gasteiger partial charge on any atom is -0.469 e. The lowest BCUT2D eigenvalue weighted by molar-refractivity contribution is -0.375. The van der Waals surface area contributed by atoms with Gasteiger partial charge < -0.3 is 56.8 Å². The third-order valence-corrected chi connectivity index (χ3v) is 19.0.